The van der Waals surface area contributed by atoms with E-state index in [0.717, 1.165) is 5.56 Å². The fourth-order valence-electron chi connectivity index (χ4n) is 1.91. The zero-order valence-corrected chi connectivity index (χ0v) is 12.6. The van der Waals surface area contributed by atoms with Crippen molar-refractivity contribution in [3.63, 3.8) is 0 Å². The summed E-state index contributed by atoms with van der Waals surface area (Å²) in [6, 6.07) is 2.22. The highest BCUT2D eigenvalue weighted by atomic mass is 32.1. The molecule has 2 aromatic rings. The van der Waals surface area contributed by atoms with Gasteiger partial charge in [-0.3, -0.25) is 4.79 Å². The molecule has 0 saturated heterocycles. The fourth-order valence-corrected chi connectivity index (χ4v) is 3.16. The first-order chi connectivity index (χ1) is 9.27. The fraction of sp³-hybridized carbons (Fsp3) is 0.385. The first-order valence-electron chi connectivity index (χ1n) is 6.02. The molecule has 0 spiro atoms. The van der Waals surface area contributed by atoms with Crippen LogP contribution in [0, 0.1) is 18.3 Å². The lowest BCUT2D eigenvalue weighted by Gasteiger charge is -2.17. The predicted molar refractivity (Wildman–Crippen MR) is 75.9 cm³/mol. The number of primary amides is 1. The van der Waals surface area contributed by atoms with Crippen LogP contribution < -0.4 is 5.73 Å². The molecule has 0 aliphatic heterocycles. The van der Waals surface area contributed by atoms with E-state index in [2.05, 4.69) is 16.4 Å². The van der Waals surface area contributed by atoms with Gasteiger partial charge in [0.15, 0.2) is 5.69 Å². The molecule has 1 amide bonds. The number of aromatic nitrogens is 3. The van der Waals surface area contributed by atoms with E-state index < -0.39 is 5.91 Å². The van der Waals surface area contributed by atoms with Crippen molar-refractivity contribution in [1.29, 1.82) is 5.26 Å². The van der Waals surface area contributed by atoms with E-state index in [1.807, 2.05) is 26.2 Å². The number of hydrogen-bond acceptors (Lipinski definition) is 5. The van der Waals surface area contributed by atoms with Crippen LogP contribution in [0.25, 0.3) is 5.00 Å². The molecule has 0 bridgehead atoms. The summed E-state index contributed by atoms with van der Waals surface area (Å²) in [5.41, 5.74) is 7.28. The first kappa shape index (κ1) is 14.2. The number of hydrogen-bond donors (Lipinski definition) is 1. The van der Waals surface area contributed by atoms with E-state index in [0.29, 0.717) is 16.3 Å². The largest absolute Gasteiger partial charge is 0.364 e. The van der Waals surface area contributed by atoms with Gasteiger partial charge in [0.05, 0.1) is 11.3 Å². The van der Waals surface area contributed by atoms with E-state index in [4.69, 9.17) is 5.73 Å². The van der Waals surface area contributed by atoms with Gasteiger partial charge in [-0.2, -0.15) is 5.26 Å². The van der Waals surface area contributed by atoms with Crippen molar-refractivity contribution >= 4 is 17.2 Å². The van der Waals surface area contributed by atoms with Gasteiger partial charge in [0.25, 0.3) is 5.91 Å². The number of carbonyl (C=O) groups is 1. The van der Waals surface area contributed by atoms with Crippen LogP contribution in [0.1, 0.15) is 48.1 Å². The van der Waals surface area contributed by atoms with Crippen LogP contribution >= 0.6 is 11.3 Å². The molecule has 0 aliphatic rings. The maximum Gasteiger partial charge on any atom is 0.271 e. The van der Waals surface area contributed by atoms with Crippen molar-refractivity contribution in [1.82, 2.24) is 15.0 Å². The van der Waals surface area contributed by atoms with Crippen molar-refractivity contribution in [2.75, 3.05) is 0 Å². The number of amides is 1. The van der Waals surface area contributed by atoms with Gasteiger partial charge in [-0.05, 0) is 23.3 Å². The van der Waals surface area contributed by atoms with Crippen molar-refractivity contribution < 1.29 is 4.79 Å². The molecule has 0 saturated carbocycles. The van der Waals surface area contributed by atoms with Crippen LogP contribution in [0.3, 0.4) is 0 Å². The summed E-state index contributed by atoms with van der Waals surface area (Å²) in [5, 5.41) is 19.7. The van der Waals surface area contributed by atoms with Crippen molar-refractivity contribution in [3.8, 4) is 11.1 Å². The van der Waals surface area contributed by atoms with Crippen LogP contribution in [-0.4, -0.2) is 20.9 Å². The van der Waals surface area contributed by atoms with Gasteiger partial charge in [-0.25, -0.2) is 4.68 Å². The molecule has 20 heavy (non-hydrogen) atoms. The van der Waals surface area contributed by atoms with Gasteiger partial charge < -0.3 is 5.73 Å². The maximum absolute atomic E-state index is 11.2. The van der Waals surface area contributed by atoms with Gasteiger partial charge in [0, 0.05) is 0 Å². The second-order valence-electron chi connectivity index (χ2n) is 5.49. The van der Waals surface area contributed by atoms with Gasteiger partial charge >= 0.3 is 0 Å². The Bertz CT molecular complexity index is 714. The molecule has 2 rings (SSSR count). The first-order valence-corrected chi connectivity index (χ1v) is 6.90. The van der Waals surface area contributed by atoms with Crippen LogP contribution in [-0.2, 0) is 5.41 Å². The second kappa shape index (κ2) is 4.72. The highest BCUT2D eigenvalue weighted by Gasteiger charge is 2.25. The van der Waals surface area contributed by atoms with Crippen LogP contribution in [0.5, 0.6) is 0 Å². The minimum Gasteiger partial charge on any atom is -0.364 e. The highest BCUT2D eigenvalue weighted by Crippen LogP contribution is 2.34. The second-order valence-corrected chi connectivity index (χ2v) is 6.35. The normalized spacial score (nSPS) is 11.3. The van der Waals surface area contributed by atoms with E-state index in [-0.39, 0.29) is 11.1 Å². The molecular weight excluding hydrogens is 274 g/mol. The molecule has 0 fully saturated rings. The number of carbonyl (C=O) groups excluding carboxylic acids is 1. The van der Waals surface area contributed by atoms with Crippen molar-refractivity contribution in [3.05, 3.63) is 27.9 Å². The third kappa shape index (κ3) is 2.18. The Morgan fingerprint density at radius 3 is 2.60 bits per heavy atom. The molecule has 104 valence electrons. The molecule has 0 aromatic carbocycles. The molecular formula is C13H15N5OS. The topological polar surface area (TPSA) is 97.6 Å². The van der Waals surface area contributed by atoms with E-state index in [1.54, 1.807) is 6.92 Å². The highest BCUT2D eigenvalue weighted by molar-refractivity contribution is 7.13. The predicted octanol–water partition coefficient (Wildman–Crippen LogP) is 1.91. The van der Waals surface area contributed by atoms with Crippen LogP contribution in [0.4, 0.5) is 0 Å². The van der Waals surface area contributed by atoms with Gasteiger partial charge in [-0.1, -0.05) is 26.0 Å². The summed E-state index contributed by atoms with van der Waals surface area (Å²) in [6.07, 6.45) is 0. The SMILES string of the molecule is Cc1c(C(N)=O)nnn1-c1scc(C(C)(C)C)c1C#N. The molecule has 6 nitrogen and oxygen atoms in total. The minimum atomic E-state index is -0.625. The molecule has 2 aromatic heterocycles. The lowest BCUT2D eigenvalue weighted by Crippen LogP contribution is -2.14. The third-order valence-electron chi connectivity index (χ3n) is 3.01. The molecule has 0 atom stereocenters. The zero-order valence-electron chi connectivity index (χ0n) is 11.8. The molecule has 2 N–H and O–H groups in total. The Balaban J connectivity index is 2.64. The monoisotopic (exact) mass is 289 g/mol. The Morgan fingerprint density at radius 1 is 1.50 bits per heavy atom. The third-order valence-corrected chi connectivity index (χ3v) is 3.97. The lowest BCUT2D eigenvalue weighted by molar-refractivity contribution is 0.0995. The maximum atomic E-state index is 11.2. The Morgan fingerprint density at radius 2 is 2.15 bits per heavy atom. The molecule has 2 heterocycles. The van der Waals surface area contributed by atoms with Crippen molar-refractivity contribution in [2.24, 2.45) is 5.73 Å². The molecule has 0 radical (unpaired) electrons. The average Bonchev–Trinajstić information content (AvgIpc) is 2.90. The number of nitriles is 1. The number of nitrogens with two attached hydrogens (primary N) is 1. The summed E-state index contributed by atoms with van der Waals surface area (Å²) < 4.78 is 1.50. The standard InChI is InChI=1S/C13H15N5OS/c1-7-10(11(15)19)16-17-18(7)12-8(5-14)9(6-20-12)13(2,3)4/h6H,1-4H3,(H2,15,19). The average molecular weight is 289 g/mol. The number of nitrogens with zero attached hydrogens (tertiary/aromatic N) is 4. The quantitative estimate of drug-likeness (QED) is 0.913. The summed E-state index contributed by atoms with van der Waals surface area (Å²) in [5.74, 6) is -0.625. The number of rotatable bonds is 2. The summed E-state index contributed by atoms with van der Waals surface area (Å²) in [4.78, 5) is 11.2. The van der Waals surface area contributed by atoms with E-state index >= 15 is 0 Å². The Kier molecular flexibility index (Phi) is 3.36. The van der Waals surface area contributed by atoms with Crippen molar-refractivity contribution in [2.45, 2.75) is 33.1 Å². The summed E-state index contributed by atoms with van der Waals surface area (Å²) >= 11 is 1.41. The van der Waals surface area contributed by atoms with E-state index in [9.17, 15) is 10.1 Å². The van der Waals surface area contributed by atoms with Gasteiger partial charge in [-0.15, -0.1) is 16.4 Å². The Labute approximate surface area is 120 Å². The van der Waals surface area contributed by atoms with Gasteiger partial charge in [0.2, 0.25) is 0 Å². The minimum absolute atomic E-state index is 0.125. The zero-order chi connectivity index (χ0) is 15.1. The number of thiophene rings is 1. The van der Waals surface area contributed by atoms with Crippen LogP contribution in [0.15, 0.2) is 5.38 Å². The summed E-state index contributed by atoms with van der Waals surface area (Å²) in [7, 11) is 0. The lowest BCUT2D eigenvalue weighted by atomic mass is 9.86. The van der Waals surface area contributed by atoms with Gasteiger partial charge in [0.1, 0.15) is 11.1 Å². The molecule has 0 aliphatic carbocycles. The van der Waals surface area contributed by atoms with E-state index in [1.165, 1.54) is 16.0 Å². The Hall–Kier alpha value is -2.20. The molecule has 0 unspecified atom stereocenters. The molecule has 7 heteroatoms. The smallest absolute Gasteiger partial charge is 0.271 e. The van der Waals surface area contributed by atoms with Crippen LogP contribution in [0.2, 0.25) is 0 Å². The summed E-state index contributed by atoms with van der Waals surface area (Å²) in [6.45, 7) is 7.84.